The minimum absolute atomic E-state index is 0.148. The maximum absolute atomic E-state index is 9.12. The molecule has 0 N–H and O–H groups in total. The van der Waals surface area contributed by atoms with Crippen LogP contribution in [0.15, 0.2) is 0 Å². The molecule has 0 heterocycles. The predicted octanol–water partition coefficient (Wildman–Crippen LogP) is 3.23. The van der Waals surface area contributed by atoms with Crippen LogP contribution in [0.4, 0.5) is 0 Å². The second-order valence-corrected chi connectivity index (χ2v) is 4.76. The van der Waals surface area contributed by atoms with E-state index in [0.29, 0.717) is 12.5 Å². The molecule has 2 atom stereocenters. The first-order valence-corrected chi connectivity index (χ1v) is 5.39. The van der Waals surface area contributed by atoms with Crippen LogP contribution in [0.5, 0.6) is 0 Å². The molecule has 0 aliphatic rings. The molecule has 0 bridgehead atoms. The molecule has 0 aromatic heterocycles. The van der Waals surface area contributed by atoms with Crippen molar-refractivity contribution in [2.75, 3.05) is 6.61 Å². The van der Waals surface area contributed by atoms with Gasteiger partial charge in [0.1, 0.15) is 0 Å². The second-order valence-electron chi connectivity index (χ2n) is 4.76. The van der Waals surface area contributed by atoms with Crippen molar-refractivity contribution in [3.05, 3.63) is 0 Å². The minimum Gasteiger partial charge on any atom is -0.378 e. The predicted molar refractivity (Wildman–Crippen MR) is 58.8 cm³/mol. The normalized spacial score (nSPS) is 16.4. The van der Waals surface area contributed by atoms with Gasteiger partial charge in [0.25, 0.3) is 0 Å². The van der Waals surface area contributed by atoms with Gasteiger partial charge in [-0.1, -0.05) is 13.8 Å². The fourth-order valence-electron chi connectivity index (χ4n) is 2.40. The summed E-state index contributed by atoms with van der Waals surface area (Å²) < 4.78 is 5.60. The van der Waals surface area contributed by atoms with Crippen molar-refractivity contribution in [3.63, 3.8) is 0 Å². The first kappa shape index (κ1) is 13.4. The molecular formula is C12H23NO. The number of rotatable bonds is 5. The Kier molecular flexibility index (Phi) is 5.15. The van der Waals surface area contributed by atoms with E-state index in [1.807, 2.05) is 20.8 Å². The number of nitriles is 1. The van der Waals surface area contributed by atoms with Crippen LogP contribution in [0.25, 0.3) is 0 Å². The van der Waals surface area contributed by atoms with E-state index in [1.54, 1.807) is 0 Å². The molecule has 2 nitrogen and oxygen atoms in total. The third-order valence-corrected chi connectivity index (χ3v) is 2.78. The second kappa shape index (κ2) is 5.36. The lowest BCUT2D eigenvalue weighted by molar-refractivity contribution is -0.0169. The third-order valence-electron chi connectivity index (χ3n) is 2.78. The highest BCUT2D eigenvalue weighted by atomic mass is 16.5. The standard InChI is InChI=1S/C12H23NO/c1-7-14-10(4)11(9(2)3)12(5,6)8-13/h9-11H,7H2,1-6H3. The molecule has 0 aliphatic carbocycles. The molecule has 0 radical (unpaired) electrons. The summed E-state index contributed by atoms with van der Waals surface area (Å²) in [6.45, 7) is 13.1. The number of hydrogen-bond donors (Lipinski definition) is 0. The zero-order chi connectivity index (χ0) is 11.4. The van der Waals surface area contributed by atoms with Gasteiger partial charge in [0.2, 0.25) is 0 Å². The van der Waals surface area contributed by atoms with Gasteiger partial charge in [-0.05, 0) is 33.6 Å². The number of ether oxygens (including phenoxy) is 1. The first-order chi connectivity index (χ1) is 6.36. The molecule has 0 aliphatic heterocycles. The maximum atomic E-state index is 9.12. The molecular weight excluding hydrogens is 174 g/mol. The fourth-order valence-corrected chi connectivity index (χ4v) is 2.40. The number of nitrogens with zero attached hydrogens (tertiary/aromatic N) is 1. The van der Waals surface area contributed by atoms with E-state index < -0.39 is 0 Å². The summed E-state index contributed by atoms with van der Waals surface area (Å²) in [6, 6.07) is 2.38. The van der Waals surface area contributed by atoms with Gasteiger partial charge in [-0.3, -0.25) is 0 Å². The lowest BCUT2D eigenvalue weighted by atomic mass is 9.71. The van der Waals surface area contributed by atoms with Crippen LogP contribution >= 0.6 is 0 Å². The average Bonchev–Trinajstić information content (AvgIpc) is 2.03. The minimum atomic E-state index is -0.317. The summed E-state index contributed by atoms with van der Waals surface area (Å²) in [5.74, 6) is 0.749. The van der Waals surface area contributed by atoms with Gasteiger partial charge in [-0.25, -0.2) is 0 Å². The van der Waals surface area contributed by atoms with E-state index in [4.69, 9.17) is 10.00 Å². The van der Waals surface area contributed by atoms with E-state index in [0.717, 1.165) is 0 Å². The van der Waals surface area contributed by atoms with Gasteiger partial charge in [-0.15, -0.1) is 0 Å². The fraction of sp³-hybridized carbons (Fsp3) is 0.917. The smallest absolute Gasteiger partial charge is 0.0687 e. The largest absolute Gasteiger partial charge is 0.378 e. The average molecular weight is 197 g/mol. The summed E-state index contributed by atoms with van der Waals surface area (Å²) >= 11 is 0. The van der Waals surface area contributed by atoms with Crippen molar-refractivity contribution in [3.8, 4) is 6.07 Å². The Morgan fingerprint density at radius 2 is 1.79 bits per heavy atom. The van der Waals surface area contributed by atoms with Gasteiger partial charge in [0.05, 0.1) is 17.6 Å². The molecule has 0 saturated carbocycles. The highest BCUT2D eigenvalue weighted by Gasteiger charge is 2.36. The van der Waals surface area contributed by atoms with Crippen molar-refractivity contribution >= 4 is 0 Å². The van der Waals surface area contributed by atoms with Gasteiger partial charge < -0.3 is 4.74 Å². The van der Waals surface area contributed by atoms with Crippen LogP contribution in [-0.2, 0) is 4.74 Å². The van der Waals surface area contributed by atoms with E-state index in [-0.39, 0.29) is 17.4 Å². The van der Waals surface area contributed by atoms with Crippen LogP contribution in [-0.4, -0.2) is 12.7 Å². The van der Waals surface area contributed by atoms with Gasteiger partial charge in [-0.2, -0.15) is 5.26 Å². The van der Waals surface area contributed by atoms with E-state index in [1.165, 1.54) is 0 Å². The zero-order valence-corrected chi connectivity index (χ0v) is 10.3. The van der Waals surface area contributed by atoms with E-state index in [9.17, 15) is 0 Å². The Hall–Kier alpha value is -0.550. The molecule has 0 aromatic carbocycles. The first-order valence-electron chi connectivity index (χ1n) is 5.39. The Morgan fingerprint density at radius 1 is 1.29 bits per heavy atom. The van der Waals surface area contributed by atoms with Crippen molar-refractivity contribution in [2.45, 2.75) is 47.6 Å². The molecule has 2 unspecified atom stereocenters. The van der Waals surface area contributed by atoms with Crippen LogP contribution in [0.3, 0.4) is 0 Å². The van der Waals surface area contributed by atoms with Gasteiger partial charge >= 0.3 is 0 Å². The summed E-state index contributed by atoms with van der Waals surface area (Å²) in [6.07, 6.45) is 0.148. The van der Waals surface area contributed by atoms with Crippen molar-refractivity contribution in [1.82, 2.24) is 0 Å². The Labute approximate surface area is 88.3 Å². The molecule has 0 saturated heterocycles. The molecule has 0 rings (SSSR count). The van der Waals surface area contributed by atoms with E-state index in [2.05, 4.69) is 26.8 Å². The quantitative estimate of drug-likeness (QED) is 0.678. The van der Waals surface area contributed by atoms with Crippen molar-refractivity contribution < 1.29 is 4.74 Å². The lowest BCUT2D eigenvalue weighted by Crippen LogP contribution is -2.37. The summed E-state index contributed by atoms with van der Waals surface area (Å²) in [7, 11) is 0. The highest BCUT2D eigenvalue weighted by molar-refractivity contribution is 4.99. The van der Waals surface area contributed by atoms with Gasteiger partial charge in [0, 0.05) is 12.5 Å². The van der Waals surface area contributed by atoms with E-state index >= 15 is 0 Å². The van der Waals surface area contributed by atoms with Crippen LogP contribution in [0.2, 0.25) is 0 Å². The lowest BCUT2D eigenvalue weighted by Gasteiger charge is -2.35. The Balaban J connectivity index is 4.70. The monoisotopic (exact) mass is 197 g/mol. The van der Waals surface area contributed by atoms with Crippen LogP contribution in [0, 0.1) is 28.6 Å². The molecule has 0 amide bonds. The topological polar surface area (TPSA) is 33.0 Å². The molecule has 0 spiro atoms. The molecule has 82 valence electrons. The SMILES string of the molecule is CCOC(C)C(C(C)C)C(C)(C)C#N. The van der Waals surface area contributed by atoms with Crippen molar-refractivity contribution in [1.29, 1.82) is 5.26 Å². The molecule has 0 aromatic rings. The van der Waals surface area contributed by atoms with Crippen LogP contribution in [0.1, 0.15) is 41.5 Å². The molecule has 14 heavy (non-hydrogen) atoms. The van der Waals surface area contributed by atoms with Crippen molar-refractivity contribution in [2.24, 2.45) is 17.3 Å². The molecule has 0 fully saturated rings. The summed E-state index contributed by atoms with van der Waals surface area (Å²) in [5, 5.41) is 9.12. The third kappa shape index (κ3) is 3.31. The van der Waals surface area contributed by atoms with Gasteiger partial charge in [0.15, 0.2) is 0 Å². The maximum Gasteiger partial charge on any atom is 0.0687 e. The summed E-state index contributed by atoms with van der Waals surface area (Å²) in [5.41, 5.74) is -0.317. The van der Waals surface area contributed by atoms with Crippen LogP contribution < -0.4 is 0 Å². The zero-order valence-electron chi connectivity index (χ0n) is 10.3. The Morgan fingerprint density at radius 3 is 2.07 bits per heavy atom. The summed E-state index contributed by atoms with van der Waals surface area (Å²) in [4.78, 5) is 0. The number of hydrogen-bond acceptors (Lipinski definition) is 2. The molecule has 2 heteroatoms. The Bertz CT molecular complexity index is 203. The highest BCUT2D eigenvalue weighted by Crippen LogP contribution is 2.35.